The van der Waals surface area contributed by atoms with Crippen LogP contribution in [0.4, 0.5) is 4.39 Å². The summed E-state index contributed by atoms with van der Waals surface area (Å²) in [6.45, 7) is 1.86. The van der Waals surface area contributed by atoms with Gasteiger partial charge < -0.3 is 14.6 Å². The Hall–Kier alpha value is -2.89. The summed E-state index contributed by atoms with van der Waals surface area (Å²) in [5, 5.41) is 10.5. The summed E-state index contributed by atoms with van der Waals surface area (Å²) in [4.78, 5) is 2.12. The Balaban J connectivity index is 1.64. The largest absolute Gasteiger partial charge is 0.497 e. The number of ether oxygens (including phenoxy) is 2. The first-order valence-electron chi connectivity index (χ1n) is 9.58. The molecule has 1 N–H and O–H groups in total. The summed E-state index contributed by atoms with van der Waals surface area (Å²) in [5.41, 5.74) is 2.08. The van der Waals surface area contributed by atoms with E-state index < -0.39 is 6.10 Å². The highest BCUT2D eigenvalue weighted by Crippen LogP contribution is 2.16. The van der Waals surface area contributed by atoms with Gasteiger partial charge in [0.25, 0.3) is 0 Å². The Bertz CT molecular complexity index is 854. The fourth-order valence-electron chi connectivity index (χ4n) is 3.08. The minimum atomic E-state index is -0.658. The highest BCUT2D eigenvalue weighted by atomic mass is 19.1. The van der Waals surface area contributed by atoms with Crippen LogP contribution >= 0.6 is 0 Å². The van der Waals surface area contributed by atoms with E-state index in [1.54, 1.807) is 19.2 Å². The van der Waals surface area contributed by atoms with E-state index in [-0.39, 0.29) is 12.4 Å². The van der Waals surface area contributed by atoms with Gasteiger partial charge in [0, 0.05) is 19.6 Å². The summed E-state index contributed by atoms with van der Waals surface area (Å²) < 4.78 is 24.1. The van der Waals surface area contributed by atoms with Gasteiger partial charge in [-0.1, -0.05) is 42.5 Å². The molecule has 0 aromatic heterocycles. The Morgan fingerprint density at radius 2 is 1.41 bits per heavy atom. The topological polar surface area (TPSA) is 41.9 Å². The quantitative estimate of drug-likeness (QED) is 0.557. The number of methoxy groups -OCH3 is 1. The van der Waals surface area contributed by atoms with Crippen LogP contribution in [-0.2, 0) is 13.1 Å². The lowest BCUT2D eigenvalue weighted by Crippen LogP contribution is -2.35. The SMILES string of the molecule is COc1ccc(CN(Cc2ccc(F)cc2)CC(O)COc2ccccc2)cc1. The van der Waals surface area contributed by atoms with Crippen molar-refractivity contribution in [1.29, 1.82) is 0 Å². The molecule has 0 aliphatic carbocycles. The normalized spacial score (nSPS) is 12.0. The maximum Gasteiger partial charge on any atom is 0.123 e. The predicted octanol–water partition coefficient (Wildman–Crippen LogP) is 4.28. The van der Waals surface area contributed by atoms with E-state index in [0.29, 0.717) is 19.6 Å². The van der Waals surface area contributed by atoms with Crippen molar-refractivity contribution < 1.29 is 19.0 Å². The molecule has 4 nitrogen and oxygen atoms in total. The maximum atomic E-state index is 13.2. The number of aliphatic hydroxyl groups excluding tert-OH is 1. The summed E-state index contributed by atoms with van der Waals surface area (Å²) in [6, 6.07) is 23.7. The molecule has 1 unspecified atom stereocenters. The number of halogens is 1. The summed E-state index contributed by atoms with van der Waals surface area (Å²) in [6.07, 6.45) is -0.658. The number of hydrogen-bond donors (Lipinski definition) is 1. The molecule has 3 aromatic rings. The van der Waals surface area contributed by atoms with Crippen molar-refractivity contribution in [2.24, 2.45) is 0 Å². The molecule has 29 heavy (non-hydrogen) atoms. The molecule has 0 saturated heterocycles. The molecule has 5 heteroatoms. The lowest BCUT2D eigenvalue weighted by molar-refractivity contribution is 0.0628. The molecule has 3 aromatic carbocycles. The van der Waals surface area contributed by atoms with Gasteiger partial charge in [-0.05, 0) is 47.5 Å². The van der Waals surface area contributed by atoms with Gasteiger partial charge in [-0.2, -0.15) is 0 Å². The Morgan fingerprint density at radius 3 is 2.00 bits per heavy atom. The summed E-state index contributed by atoms with van der Waals surface area (Å²) in [5.74, 6) is 1.27. The molecule has 0 amide bonds. The number of nitrogens with zero attached hydrogens (tertiary/aromatic N) is 1. The van der Waals surface area contributed by atoms with Crippen molar-refractivity contribution in [2.45, 2.75) is 19.2 Å². The molecule has 0 bridgehead atoms. The lowest BCUT2D eigenvalue weighted by Gasteiger charge is -2.25. The van der Waals surface area contributed by atoms with E-state index >= 15 is 0 Å². The monoisotopic (exact) mass is 395 g/mol. The van der Waals surface area contributed by atoms with Crippen LogP contribution in [0.2, 0.25) is 0 Å². The fraction of sp³-hybridized carbons (Fsp3) is 0.250. The van der Waals surface area contributed by atoms with Crippen LogP contribution in [0.1, 0.15) is 11.1 Å². The zero-order chi connectivity index (χ0) is 20.5. The molecule has 0 aliphatic heterocycles. The van der Waals surface area contributed by atoms with E-state index in [9.17, 15) is 9.50 Å². The average molecular weight is 395 g/mol. The van der Waals surface area contributed by atoms with E-state index in [1.807, 2.05) is 54.6 Å². The smallest absolute Gasteiger partial charge is 0.123 e. The lowest BCUT2D eigenvalue weighted by atomic mass is 10.1. The van der Waals surface area contributed by atoms with E-state index in [2.05, 4.69) is 4.90 Å². The highest BCUT2D eigenvalue weighted by Gasteiger charge is 2.14. The van der Waals surface area contributed by atoms with Gasteiger partial charge in [-0.15, -0.1) is 0 Å². The van der Waals surface area contributed by atoms with Crippen LogP contribution in [0.25, 0.3) is 0 Å². The summed E-state index contributed by atoms with van der Waals surface area (Å²) >= 11 is 0. The number of benzene rings is 3. The second kappa shape index (κ2) is 10.6. The predicted molar refractivity (Wildman–Crippen MR) is 111 cm³/mol. The van der Waals surface area contributed by atoms with Crippen LogP contribution in [-0.4, -0.2) is 36.4 Å². The molecule has 0 heterocycles. The van der Waals surface area contributed by atoms with E-state index in [4.69, 9.17) is 9.47 Å². The van der Waals surface area contributed by atoms with Crippen LogP contribution in [0.3, 0.4) is 0 Å². The fourth-order valence-corrected chi connectivity index (χ4v) is 3.08. The van der Waals surface area contributed by atoms with Crippen LogP contribution < -0.4 is 9.47 Å². The minimum Gasteiger partial charge on any atom is -0.497 e. The standard InChI is InChI=1S/C24H26FNO3/c1-28-23-13-9-20(10-14-23)16-26(15-19-7-11-21(25)12-8-19)17-22(27)18-29-24-5-3-2-4-6-24/h2-14,22,27H,15-18H2,1H3. The number of para-hydroxylation sites is 1. The number of aliphatic hydroxyl groups is 1. The third-order valence-electron chi connectivity index (χ3n) is 4.54. The zero-order valence-corrected chi connectivity index (χ0v) is 16.5. The third kappa shape index (κ3) is 6.89. The van der Waals surface area contributed by atoms with Gasteiger partial charge in [-0.3, -0.25) is 4.90 Å². The number of hydrogen-bond acceptors (Lipinski definition) is 4. The molecular weight excluding hydrogens is 369 g/mol. The van der Waals surface area contributed by atoms with Crippen LogP contribution in [0.5, 0.6) is 11.5 Å². The average Bonchev–Trinajstić information content (AvgIpc) is 2.75. The minimum absolute atomic E-state index is 0.201. The Morgan fingerprint density at radius 1 is 0.828 bits per heavy atom. The zero-order valence-electron chi connectivity index (χ0n) is 16.5. The van der Waals surface area contributed by atoms with Crippen molar-refractivity contribution in [3.63, 3.8) is 0 Å². The molecular formula is C24H26FNO3. The molecule has 152 valence electrons. The van der Waals surface area contributed by atoms with E-state index in [1.165, 1.54) is 12.1 Å². The van der Waals surface area contributed by atoms with Gasteiger partial charge in [0.05, 0.1) is 7.11 Å². The second-order valence-electron chi connectivity index (χ2n) is 6.92. The number of rotatable bonds is 10. The second-order valence-corrected chi connectivity index (χ2v) is 6.92. The van der Waals surface area contributed by atoms with Gasteiger partial charge in [-0.25, -0.2) is 4.39 Å². The Kier molecular flexibility index (Phi) is 7.61. The molecule has 0 aliphatic rings. The van der Waals surface area contributed by atoms with Crippen molar-refractivity contribution >= 4 is 0 Å². The van der Waals surface area contributed by atoms with Gasteiger partial charge >= 0.3 is 0 Å². The first-order valence-corrected chi connectivity index (χ1v) is 9.58. The van der Waals surface area contributed by atoms with Gasteiger partial charge in [0.1, 0.15) is 30.0 Å². The van der Waals surface area contributed by atoms with Gasteiger partial charge in [0.15, 0.2) is 0 Å². The first-order chi connectivity index (χ1) is 14.1. The van der Waals surface area contributed by atoms with Crippen molar-refractivity contribution in [1.82, 2.24) is 4.90 Å². The molecule has 1 atom stereocenters. The maximum absolute atomic E-state index is 13.2. The molecule has 3 rings (SSSR count). The van der Waals surface area contributed by atoms with Crippen molar-refractivity contribution in [2.75, 3.05) is 20.3 Å². The summed E-state index contributed by atoms with van der Waals surface area (Å²) in [7, 11) is 1.64. The molecule has 0 fully saturated rings. The third-order valence-corrected chi connectivity index (χ3v) is 4.54. The molecule has 0 spiro atoms. The van der Waals surface area contributed by atoms with Gasteiger partial charge in [0.2, 0.25) is 0 Å². The highest BCUT2D eigenvalue weighted by molar-refractivity contribution is 5.27. The first kappa shape index (κ1) is 20.8. The molecule has 0 saturated carbocycles. The Labute approximate surface area is 171 Å². The van der Waals surface area contributed by atoms with Crippen molar-refractivity contribution in [3.8, 4) is 11.5 Å². The van der Waals surface area contributed by atoms with E-state index in [0.717, 1.165) is 22.6 Å². The van der Waals surface area contributed by atoms with Crippen molar-refractivity contribution in [3.05, 3.63) is 95.8 Å². The van der Waals surface area contributed by atoms with Crippen LogP contribution in [0, 0.1) is 5.82 Å². The van der Waals surface area contributed by atoms with Crippen LogP contribution in [0.15, 0.2) is 78.9 Å². The molecule has 0 radical (unpaired) electrons.